The van der Waals surface area contributed by atoms with E-state index in [9.17, 15) is 0 Å². The molecule has 0 bridgehead atoms. The third kappa shape index (κ3) is 4.96. The lowest BCUT2D eigenvalue weighted by Gasteiger charge is -2.14. The molecule has 2 nitrogen and oxygen atoms in total. The molecular formula is C7H20N2Si. The van der Waals surface area contributed by atoms with Crippen LogP contribution >= 0.6 is 0 Å². The summed E-state index contributed by atoms with van der Waals surface area (Å²) in [7, 11) is -0.734. The van der Waals surface area contributed by atoms with Crippen molar-refractivity contribution in [3.8, 4) is 0 Å². The molecule has 0 aliphatic heterocycles. The lowest BCUT2D eigenvalue weighted by Crippen LogP contribution is -2.46. The molecule has 0 aliphatic rings. The fraction of sp³-hybridized carbons (Fsp3) is 1.00. The Hall–Kier alpha value is 0.137. The van der Waals surface area contributed by atoms with Gasteiger partial charge in [0.2, 0.25) is 0 Å². The minimum atomic E-state index is -0.734. The van der Waals surface area contributed by atoms with Crippen LogP contribution in [0.4, 0.5) is 0 Å². The molecule has 0 aromatic heterocycles. The van der Waals surface area contributed by atoms with Crippen LogP contribution in [0.15, 0.2) is 0 Å². The maximum absolute atomic E-state index is 3.51. The highest BCUT2D eigenvalue weighted by molar-refractivity contribution is 6.53. The van der Waals surface area contributed by atoms with E-state index in [0.717, 1.165) is 13.1 Å². The molecule has 0 fully saturated rings. The molecule has 0 saturated carbocycles. The van der Waals surface area contributed by atoms with Crippen molar-refractivity contribution in [2.45, 2.75) is 33.2 Å². The normalized spacial score (nSPS) is 10.8. The van der Waals surface area contributed by atoms with Gasteiger partial charge in [0.1, 0.15) is 0 Å². The topological polar surface area (TPSA) is 24.1 Å². The van der Waals surface area contributed by atoms with Crippen LogP contribution in [-0.2, 0) is 0 Å². The second-order valence-corrected chi connectivity index (χ2v) is 4.96. The SMILES string of the molecule is CCC[SiH](NCC)NCC. The number of hydrogen-bond acceptors (Lipinski definition) is 2. The highest BCUT2D eigenvalue weighted by Crippen LogP contribution is 1.89. The van der Waals surface area contributed by atoms with E-state index in [1.807, 2.05) is 0 Å². The first-order chi connectivity index (χ1) is 4.85. The molecule has 0 radical (unpaired) electrons. The Kier molecular flexibility index (Phi) is 7.35. The number of rotatable bonds is 6. The second-order valence-electron chi connectivity index (χ2n) is 2.46. The Morgan fingerprint density at radius 3 is 1.80 bits per heavy atom. The maximum Gasteiger partial charge on any atom is 0.184 e. The van der Waals surface area contributed by atoms with Crippen molar-refractivity contribution in [2.24, 2.45) is 0 Å². The van der Waals surface area contributed by atoms with Crippen molar-refractivity contribution in [1.82, 2.24) is 9.96 Å². The molecule has 0 aromatic carbocycles. The minimum Gasteiger partial charge on any atom is -0.328 e. The average Bonchev–Trinajstić information content (AvgIpc) is 1.90. The van der Waals surface area contributed by atoms with Crippen molar-refractivity contribution in [3.63, 3.8) is 0 Å². The van der Waals surface area contributed by atoms with E-state index in [2.05, 4.69) is 30.7 Å². The van der Waals surface area contributed by atoms with Gasteiger partial charge >= 0.3 is 0 Å². The van der Waals surface area contributed by atoms with Gasteiger partial charge < -0.3 is 9.96 Å². The zero-order chi connectivity index (χ0) is 7.82. The summed E-state index contributed by atoms with van der Waals surface area (Å²) in [5.41, 5.74) is 0. The van der Waals surface area contributed by atoms with Gasteiger partial charge in [0.05, 0.1) is 0 Å². The van der Waals surface area contributed by atoms with Crippen molar-refractivity contribution in [3.05, 3.63) is 0 Å². The summed E-state index contributed by atoms with van der Waals surface area (Å²) in [5, 5.41) is 0. The van der Waals surface area contributed by atoms with E-state index in [1.54, 1.807) is 0 Å². The van der Waals surface area contributed by atoms with Gasteiger partial charge in [-0.15, -0.1) is 0 Å². The lowest BCUT2D eigenvalue weighted by molar-refractivity contribution is 0.861. The first-order valence-electron chi connectivity index (χ1n) is 4.31. The minimum absolute atomic E-state index is 0.734. The average molecular weight is 160 g/mol. The van der Waals surface area contributed by atoms with Crippen molar-refractivity contribution < 1.29 is 0 Å². The van der Waals surface area contributed by atoms with Crippen LogP contribution in [0.25, 0.3) is 0 Å². The lowest BCUT2D eigenvalue weighted by atomic mass is 10.6. The Balaban J connectivity index is 3.30. The summed E-state index contributed by atoms with van der Waals surface area (Å²) in [4.78, 5) is 7.02. The fourth-order valence-electron chi connectivity index (χ4n) is 1.06. The van der Waals surface area contributed by atoms with E-state index in [4.69, 9.17) is 0 Å². The maximum atomic E-state index is 3.51. The highest BCUT2D eigenvalue weighted by Gasteiger charge is 2.04. The zero-order valence-electron chi connectivity index (χ0n) is 7.41. The Labute approximate surface area is 66.2 Å². The Bertz CT molecular complexity index is 54.4. The molecule has 0 heterocycles. The van der Waals surface area contributed by atoms with Gasteiger partial charge in [0.15, 0.2) is 9.12 Å². The molecule has 62 valence electrons. The fourth-order valence-corrected chi connectivity index (χ4v) is 3.17. The predicted octanol–water partition coefficient (Wildman–Crippen LogP) is 0.836. The van der Waals surface area contributed by atoms with Gasteiger partial charge in [-0.1, -0.05) is 27.2 Å². The first-order valence-corrected chi connectivity index (χ1v) is 6.29. The van der Waals surface area contributed by atoms with Gasteiger partial charge in [-0.25, -0.2) is 0 Å². The standard InChI is InChI=1S/C7H20N2Si/c1-4-7-10(8-5-2)9-6-3/h8-10H,4-7H2,1-3H3. The Morgan fingerprint density at radius 1 is 1.00 bits per heavy atom. The molecule has 2 N–H and O–H groups in total. The monoisotopic (exact) mass is 160 g/mol. The van der Waals surface area contributed by atoms with Gasteiger partial charge in [-0.2, -0.15) is 0 Å². The molecule has 10 heavy (non-hydrogen) atoms. The van der Waals surface area contributed by atoms with Crippen LogP contribution in [0.5, 0.6) is 0 Å². The van der Waals surface area contributed by atoms with E-state index < -0.39 is 9.12 Å². The quantitative estimate of drug-likeness (QED) is 0.563. The van der Waals surface area contributed by atoms with E-state index >= 15 is 0 Å². The largest absolute Gasteiger partial charge is 0.328 e. The summed E-state index contributed by atoms with van der Waals surface area (Å²) in [6.07, 6.45) is 1.30. The number of hydrogen-bond donors (Lipinski definition) is 2. The second kappa shape index (κ2) is 7.25. The molecule has 0 spiro atoms. The molecule has 0 atom stereocenters. The van der Waals surface area contributed by atoms with E-state index in [1.165, 1.54) is 12.5 Å². The summed E-state index contributed by atoms with van der Waals surface area (Å²) in [5.74, 6) is 0. The van der Waals surface area contributed by atoms with Gasteiger partial charge in [0, 0.05) is 0 Å². The summed E-state index contributed by atoms with van der Waals surface area (Å²) < 4.78 is 0. The highest BCUT2D eigenvalue weighted by atomic mass is 28.3. The van der Waals surface area contributed by atoms with Crippen molar-refractivity contribution >= 4 is 9.12 Å². The van der Waals surface area contributed by atoms with Gasteiger partial charge in [0.25, 0.3) is 0 Å². The summed E-state index contributed by atoms with van der Waals surface area (Å²) in [6, 6.07) is 1.36. The molecule has 3 heteroatoms. The molecule has 0 rings (SSSR count). The van der Waals surface area contributed by atoms with Gasteiger partial charge in [-0.3, -0.25) is 0 Å². The summed E-state index contributed by atoms with van der Waals surface area (Å²) >= 11 is 0. The third-order valence-corrected chi connectivity index (χ3v) is 4.44. The van der Waals surface area contributed by atoms with Crippen LogP contribution < -0.4 is 9.96 Å². The molecule has 0 unspecified atom stereocenters. The predicted molar refractivity (Wildman–Crippen MR) is 49.6 cm³/mol. The van der Waals surface area contributed by atoms with Crippen LogP contribution in [0, 0.1) is 0 Å². The molecule has 0 amide bonds. The van der Waals surface area contributed by atoms with Crippen LogP contribution in [0.2, 0.25) is 6.04 Å². The molecule has 0 aliphatic carbocycles. The Morgan fingerprint density at radius 2 is 1.50 bits per heavy atom. The zero-order valence-corrected chi connectivity index (χ0v) is 8.56. The van der Waals surface area contributed by atoms with Gasteiger partial charge in [-0.05, 0) is 19.1 Å². The van der Waals surface area contributed by atoms with Crippen LogP contribution in [0.3, 0.4) is 0 Å². The molecule has 0 saturated heterocycles. The summed E-state index contributed by atoms with van der Waals surface area (Å²) in [6.45, 7) is 8.82. The van der Waals surface area contributed by atoms with Crippen molar-refractivity contribution in [1.29, 1.82) is 0 Å². The molecule has 0 aromatic rings. The van der Waals surface area contributed by atoms with Crippen LogP contribution in [-0.4, -0.2) is 22.2 Å². The van der Waals surface area contributed by atoms with E-state index in [-0.39, 0.29) is 0 Å². The molecular weight excluding hydrogens is 140 g/mol. The van der Waals surface area contributed by atoms with Crippen LogP contribution in [0.1, 0.15) is 27.2 Å². The van der Waals surface area contributed by atoms with Crippen molar-refractivity contribution in [2.75, 3.05) is 13.1 Å². The number of nitrogens with one attached hydrogen (secondary N) is 2. The third-order valence-electron chi connectivity index (χ3n) is 1.48. The first kappa shape index (κ1) is 10.1. The smallest absolute Gasteiger partial charge is 0.184 e. The van der Waals surface area contributed by atoms with E-state index in [0.29, 0.717) is 0 Å².